The Hall–Kier alpha value is -1.77. The molecule has 1 amide bonds. The Morgan fingerprint density at radius 1 is 1.52 bits per heavy atom. The summed E-state index contributed by atoms with van der Waals surface area (Å²) in [7, 11) is 0. The molecule has 1 rings (SSSR count). The van der Waals surface area contributed by atoms with E-state index in [1.165, 1.54) is 0 Å². The van der Waals surface area contributed by atoms with Gasteiger partial charge in [0, 0.05) is 0 Å². The number of nitriles is 1. The van der Waals surface area contributed by atoms with E-state index in [9.17, 15) is 4.79 Å². The first-order valence-corrected chi connectivity index (χ1v) is 7.05. The molecule has 0 heterocycles. The van der Waals surface area contributed by atoms with Crippen molar-refractivity contribution in [3.05, 3.63) is 28.8 Å². The molecule has 1 aromatic rings. The van der Waals surface area contributed by atoms with Crippen LogP contribution in [0.3, 0.4) is 0 Å². The highest BCUT2D eigenvalue weighted by atomic mass is 35.5. The van der Waals surface area contributed by atoms with E-state index in [2.05, 4.69) is 16.7 Å². The molecule has 5 nitrogen and oxygen atoms in total. The fourth-order valence-electron chi connectivity index (χ4n) is 1.62. The number of anilines is 1. The number of aliphatic hydroxyl groups excluding tert-OH is 1. The third-order valence-electron chi connectivity index (χ3n) is 3.44. The second kappa shape index (κ2) is 7.30. The molecule has 0 aliphatic heterocycles. The number of aliphatic hydroxyl groups is 1. The van der Waals surface area contributed by atoms with Crippen molar-refractivity contribution in [1.29, 1.82) is 5.26 Å². The van der Waals surface area contributed by atoms with Crippen molar-refractivity contribution in [3.63, 3.8) is 0 Å². The van der Waals surface area contributed by atoms with Crippen molar-refractivity contribution in [2.75, 3.05) is 11.9 Å². The van der Waals surface area contributed by atoms with Crippen molar-refractivity contribution >= 4 is 23.2 Å². The molecule has 0 bridgehead atoms. The van der Waals surface area contributed by atoms with Crippen LogP contribution in [0, 0.1) is 17.2 Å². The number of benzene rings is 1. The van der Waals surface area contributed by atoms with E-state index in [0.29, 0.717) is 16.3 Å². The van der Waals surface area contributed by atoms with Gasteiger partial charge in [-0.15, -0.1) is 0 Å². The molecule has 0 fully saturated rings. The zero-order valence-electron chi connectivity index (χ0n) is 12.4. The Labute approximate surface area is 129 Å². The van der Waals surface area contributed by atoms with E-state index in [0.717, 1.165) is 0 Å². The largest absolute Gasteiger partial charge is 0.392 e. The van der Waals surface area contributed by atoms with Crippen LogP contribution in [0.25, 0.3) is 0 Å². The van der Waals surface area contributed by atoms with Gasteiger partial charge in [0.1, 0.15) is 5.54 Å². The Balaban J connectivity index is 2.68. The molecule has 0 radical (unpaired) electrons. The highest BCUT2D eigenvalue weighted by Gasteiger charge is 2.29. The summed E-state index contributed by atoms with van der Waals surface area (Å²) in [6.07, 6.45) is 0. The van der Waals surface area contributed by atoms with E-state index in [4.69, 9.17) is 22.0 Å². The summed E-state index contributed by atoms with van der Waals surface area (Å²) in [6, 6.07) is 7.16. The van der Waals surface area contributed by atoms with Gasteiger partial charge in [0.15, 0.2) is 0 Å². The van der Waals surface area contributed by atoms with Gasteiger partial charge in [-0.1, -0.05) is 31.5 Å². The number of hydrogen-bond acceptors (Lipinski definition) is 4. The number of carbonyl (C=O) groups excluding carboxylic acids is 1. The van der Waals surface area contributed by atoms with Crippen LogP contribution in [-0.4, -0.2) is 23.1 Å². The highest BCUT2D eigenvalue weighted by molar-refractivity contribution is 6.33. The van der Waals surface area contributed by atoms with Crippen molar-refractivity contribution < 1.29 is 9.90 Å². The number of halogens is 1. The van der Waals surface area contributed by atoms with E-state index < -0.39 is 5.54 Å². The third kappa shape index (κ3) is 4.62. The maximum Gasteiger partial charge on any atom is 0.240 e. The van der Waals surface area contributed by atoms with Gasteiger partial charge in [0.05, 0.1) is 29.9 Å². The summed E-state index contributed by atoms with van der Waals surface area (Å²) in [6.45, 7) is 5.34. The molecule has 0 spiro atoms. The van der Waals surface area contributed by atoms with Crippen LogP contribution in [0.1, 0.15) is 26.3 Å². The molecule has 6 heteroatoms. The molecule has 0 aliphatic carbocycles. The number of hydrogen-bond donors (Lipinski definition) is 3. The van der Waals surface area contributed by atoms with Crippen LogP contribution >= 0.6 is 11.6 Å². The lowest BCUT2D eigenvalue weighted by Gasteiger charge is -2.27. The third-order valence-corrected chi connectivity index (χ3v) is 3.77. The smallest absolute Gasteiger partial charge is 0.240 e. The molecule has 1 atom stereocenters. The van der Waals surface area contributed by atoms with E-state index in [1.54, 1.807) is 25.1 Å². The Morgan fingerprint density at radius 2 is 2.19 bits per heavy atom. The van der Waals surface area contributed by atoms with Gasteiger partial charge < -0.3 is 15.7 Å². The van der Waals surface area contributed by atoms with E-state index >= 15 is 0 Å². The molecule has 114 valence electrons. The van der Waals surface area contributed by atoms with Crippen LogP contribution in [0.4, 0.5) is 5.69 Å². The van der Waals surface area contributed by atoms with Gasteiger partial charge >= 0.3 is 0 Å². The van der Waals surface area contributed by atoms with Crippen molar-refractivity contribution in [3.8, 4) is 6.07 Å². The number of nitrogens with one attached hydrogen (secondary N) is 2. The van der Waals surface area contributed by atoms with Crippen molar-refractivity contribution in [2.24, 2.45) is 5.92 Å². The zero-order valence-corrected chi connectivity index (χ0v) is 13.2. The summed E-state index contributed by atoms with van der Waals surface area (Å²) in [5.41, 5.74) is 0.364. The molecule has 1 unspecified atom stereocenters. The SMILES string of the molecule is CC(C)C(C)(C#N)NC(=O)CNc1cc(CO)ccc1Cl. The number of carbonyl (C=O) groups is 1. The van der Waals surface area contributed by atoms with Gasteiger partial charge in [0.2, 0.25) is 5.91 Å². The Bertz CT molecular complexity index is 554. The van der Waals surface area contributed by atoms with Crippen molar-refractivity contribution in [2.45, 2.75) is 32.9 Å². The molecule has 1 aromatic carbocycles. The maximum atomic E-state index is 11.9. The molecule has 0 aromatic heterocycles. The van der Waals surface area contributed by atoms with Crippen LogP contribution in [0.5, 0.6) is 0 Å². The molecule has 0 saturated heterocycles. The van der Waals surface area contributed by atoms with Gasteiger partial charge in [0.25, 0.3) is 0 Å². The van der Waals surface area contributed by atoms with Gasteiger partial charge in [-0.2, -0.15) is 5.26 Å². The first kappa shape index (κ1) is 17.3. The fourth-order valence-corrected chi connectivity index (χ4v) is 1.80. The topological polar surface area (TPSA) is 85.2 Å². The normalized spacial score (nSPS) is 13.4. The maximum absolute atomic E-state index is 11.9. The first-order valence-electron chi connectivity index (χ1n) is 6.68. The summed E-state index contributed by atoms with van der Waals surface area (Å²) in [5, 5.41) is 24.3. The van der Waals surface area contributed by atoms with Crippen LogP contribution < -0.4 is 10.6 Å². The van der Waals surface area contributed by atoms with Gasteiger partial charge in [-0.05, 0) is 30.5 Å². The number of nitrogens with zero attached hydrogens (tertiary/aromatic N) is 1. The second-order valence-electron chi connectivity index (χ2n) is 5.34. The number of rotatable bonds is 6. The average molecular weight is 310 g/mol. The molecule has 0 saturated carbocycles. The van der Waals surface area contributed by atoms with Crippen LogP contribution in [-0.2, 0) is 11.4 Å². The van der Waals surface area contributed by atoms with Crippen molar-refractivity contribution in [1.82, 2.24) is 5.32 Å². The zero-order chi connectivity index (χ0) is 16.0. The summed E-state index contributed by atoms with van der Waals surface area (Å²) < 4.78 is 0. The molecule has 0 aliphatic rings. The summed E-state index contributed by atoms with van der Waals surface area (Å²) in [4.78, 5) is 11.9. The summed E-state index contributed by atoms with van der Waals surface area (Å²) >= 11 is 6.02. The van der Waals surface area contributed by atoms with E-state index in [-0.39, 0.29) is 25.0 Å². The number of amides is 1. The second-order valence-corrected chi connectivity index (χ2v) is 5.75. The monoisotopic (exact) mass is 309 g/mol. The molecule has 21 heavy (non-hydrogen) atoms. The molecule has 3 N–H and O–H groups in total. The minimum Gasteiger partial charge on any atom is -0.392 e. The summed E-state index contributed by atoms with van der Waals surface area (Å²) in [5.74, 6) is -0.300. The van der Waals surface area contributed by atoms with Gasteiger partial charge in [-0.25, -0.2) is 0 Å². The minimum atomic E-state index is -0.907. The van der Waals surface area contributed by atoms with Gasteiger partial charge in [-0.3, -0.25) is 4.79 Å². The first-order chi connectivity index (χ1) is 9.82. The molecular weight excluding hydrogens is 290 g/mol. The highest BCUT2D eigenvalue weighted by Crippen LogP contribution is 2.23. The minimum absolute atomic E-state index is 0.00140. The lowest BCUT2D eigenvalue weighted by atomic mass is 9.90. The Kier molecular flexibility index (Phi) is 6.01. The molecular formula is C15H20ClN3O2. The Morgan fingerprint density at radius 3 is 2.71 bits per heavy atom. The fraction of sp³-hybridized carbons (Fsp3) is 0.467. The lowest BCUT2D eigenvalue weighted by Crippen LogP contribution is -2.50. The predicted molar refractivity (Wildman–Crippen MR) is 82.9 cm³/mol. The lowest BCUT2D eigenvalue weighted by molar-refractivity contribution is -0.121. The quantitative estimate of drug-likeness (QED) is 0.752. The standard InChI is InChI=1S/C15H20ClN3O2/c1-10(2)15(3,9-17)19-14(21)7-18-13-6-11(8-20)4-5-12(13)16/h4-6,10,18,20H,7-8H2,1-3H3,(H,19,21). The van der Waals surface area contributed by atoms with E-state index in [1.807, 2.05) is 13.8 Å². The van der Waals surface area contributed by atoms with Crippen LogP contribution in [0.2, 0.25) is 5.02 Å². The average Bonchev–Trinajstić information content (AvgIpc) is 2.46. The van der Waals surface area contributed by atoms with Crippen LogP contribution in [0.15, 0.2) is 18.2 Å². The predicted octanol–water partition coefficient (Wildman–Crippen LogP) is 2.30.